The summed E-state index contributed by atoms with van der Waals surface area (Å²) in [6.07, 6.45) is 7.87. The van der Waals surface area contributed by atoms with E-state index in [9.17, 15) is 14.7 Å². The molecule has 1 fully saturated rings. The molecule has 1 aliphatic heterocycles. The van der Waals surface area contributed by atoms with E-state index in [-0.39, 0.29) is 31.2 Å². The van der Waals surface area contributed by atoms with Crippen molar-refractivity contribution >= 4 is 23.4 Å². The van der Waals surface area contributed by atoms with Gasteiger partial charge in [-0.2, -0.15) is 5.10 Å². The minimum atomic E-state index is -0.667. The Kier molecular flexibility index (Phi) is 5.98. The molecule has 0 spiro atoms. The molecule has 2 aliphatic rings. The summed E-state index contributed by atoms with van der Waals surface area (Å²) in [6, 6.07) is -0.614. The molecule has 142 valence electrons. The number of likely N-dealkylation sites (tertiary alicyclic amines) is 1. The lowest BCUT2D eigenvalue weighted by Gasteiger charge is -2.25. The second-order valence-electron chi connectivity index (χ2n) is 7.19. The third kappa shape index (κ3) is 4.65. The van der Waals surface area contributed by atoms with Gasteiger partial charge in [0.25, 0.3) is 0 Å². The van der Waals surface area contributed by atoms with Crippen LogP contribution < -0.4 is 5.32 Å². The van der Waals surface area contributed by atoms with Gasteiger partial charge in [0, 0.05) is 37.8 Å². The summed E-state index contributed by atoms with van der Waals surface area (Å²) < 4.78 is 1.64. The van der Waals surface area contributed by atoms with Crippen molar-refractivity contribution in [3.8, 4) is 0 Å². The molecular formula is C18H25ClN4O3. The van der Waals surface area contributed by atoms with Crippen LogP contribution in [0.2, 0.25) is 0 Å². The Labute approximate surface area is 158 Å². The van der Waals surface area contributed by atoms with Crippen LogP contribution >= 0.6 is 11.6 Å². The maximum atomic E-state index is 12.6. The minimum Gasteiger partial charge on any atom is -0.391 e. The fraction of sp³-hybridized carbons (Fsp3) is 0.611. The lowest BCUT2D eigenvalue weighted by atomic mass is 9.94. The average molecular weight is 381 g/mol. The van der Waals surface area contributed by atoms with Gasteiger partial charge < -0.3 is 15.3 Å². The van der Waals surface area contributed by atoms with Crippen LogP contribution in [-0.4, -0.2) is 56.8 Å². The highest BCUT2D eigenvalue weighted by Gasteiger charge is 2.38. The van der Waals surface area contributed by atoms with E-state index in [2.05, 4.69) is 10.4 Å². The fourth-order valence-electron chi connectivity index (χ4n) is 3.58. The topological polar surface area (TPSA) is 87.5 Å². The molecular weight excluding hydrogens is 356 g/mol. The van der Waals surface area contributed by atoms with Crippen molar-refractivity contribution in [3.63, 3.8) is 0 Å². The lowest BCUT2D eigenvalue weighted by molar-refractivity contribution is -0.138. The number of hydrogen-bond donors (Lipinski definition) is 2. The molecule has 1 aliphatic carbocycles. The van der Waals surface area contributed by atoms with Gasteiger partial charge in [-0.3, -0.25) is 14.3 Å². The highest BCUT2D eigenvalue weighted by atomic mass is 35.5. The van der Waals surface area contributed by atoms with Gasteiger partial charge >= 0.3 is 0 Å². The standard InChI is InChI=1S/C18H25ClN4O3/c1-22-10-13(9-21-22)6-17(25)23-11-15(24)7-16(23)18(26)20-8-12-2-4-14(19)5-3-12/h4,9-10,12,15-16,24H,2-3,5-8,11H2,1H3,(H,20,26). The van der Waals surface area contributed by atoms with Crippen LogP contribution in [0, 0.1) is 5.92 Å². The van der Waals surface area contributed by atoms with E-state index < -0.39 is 12.1 Å². The quantitative estimate of drug-likeness (QED) is 0.796. The number of rotatable bonds is 5. The van der Waals surface area contributed by atoms with Crippen molar-refractivity contribution in [1.29, 1.82) is 0 Å². The molecule has 1 aromatic rings. The number of halogens is 1. The van der Waals surface area contributed by atoms with E-state index in [1.807, 2.05) is 6.08 Å². The van der Waals surface area contributed by atoms with Crippen molar-refractivity contribution in [3.05, 3.63) is 29.1 Å². The van der Waals surface area contributed by atoms with Gasteiger partial charge in [-0.25, -0.2) is 0 Å². The van der Waals surface area contributed by atoms with Crippen LogP contribution in [0.3, 0.4) is 0 Å². The summed E-state index contributed by atoms with van der Waals surface area (Å²) in [5.74, 6) is 0.0103. The van der Waals surface area contributed by atoms with Crippen molar-refractivity contribution in [1.82, 2.24) is 20.0 Å². The third-order valence-corrected chi connectivity index (χ3v) is 5.39. The number of aliphatic hydroxyl groups excluding tert-OH is 1. The number of aliphatic hydroxyl groups is 1. The summed E-state index contributed by atoms with van der Waals surface area (Å²) in [4.78, 5) is 26.7. The molecule has 8 heteroatoms. The molecule has 2 heterocycles. The van der Waals surface area contributed by atoms with E-state index in [0.29, 0.717) is 12.5 Å². The van der Waals surface area contributed by atoms with Crippen molar-refractivity contribution < 1.29 is 14.7 Å². The molecule has 3 rings (SSSR count). The number of carbonyl (C=O) groups excluding carboxylic acids is 2. The maximum Gasteiger partial charge on any atom is 0.242 e. The van der Waals surface area contributed by atoms with E-state index in [0.717, 1.165) is 29.9 Å². The Morgan fingerprint density at radius 3 is 2.92 bits per heavy atom. The molecule has 0 bridgehead atoms. The van der Waals surface area contributed by atoms with Crippen molar-refractivity contribution in [2.24, 2.45) is 13.0 Å². The first kappa shape index (κ1) is 18.9. The van der Waals surface area contributed by atoms with Crippen LogP contribution in [0.5, 0.6) is 0 Å². The molecule has 3 atom stereocenters. The number of β-amino-alcohol motifs (C(OH)–C–C–N with tert-alkyl or cyclic N) is 1. The van der Waals surface area contributed by atoms with Gasteiger partial charge in [0.2, 0.25) is 11.8 Å². The van der Waals surface area contributed by atoms with Crippen molar-refractivity contribution in [2.75, 3.05) is 13.1 Å². The molecule has 1 saturated heterocycles. The first-order valence-corrected chi connectivity index (χ1v) is 9.37. The Morgan fingerprint density at radius 2 is 2.27 bits per heavy atom. The summed E-state index contributed by atoms with van der Waals surface area (Å²) >= 11 is 5.98. The van der Waals surface area contributed by atoms with Gasteiger partial charge in [0.1, 0.15) is 6.04 Å². The number of nitrogens with zero attached hydrogens (tertiary/aromatic N) is 3. The number of nitrogens with one attached hydrogen (secondary N) is 1. The molecule has 0 aromatic carbocycles. The van der Waals surface area contributed by atoms with E-state index in [4.69, 9.17) is 11.6 Å². The number of aromatic nitrogens is 2. The summed E-state index contributed by atoms with van der Waals surface area (Å²) in [5.41, 5.74) is 0.795. The molecule has 1 aromatic heterocycles. The zero-order chi connectivity index (χ0) is 18.7. The molecule has 0 radical (unpaired) electrons. The first-order valence-electron chi connectivity index (χ1n) is 8.99. The Morgan fingerprint density at radius 1 is 1.46 bits per heavy atom. The van der Waals surface area contributed by atoms with E-state index >= 15 is 0 Å². The molecule has 0 saturated carbocycles. The summed E-state index contributed by atoms with van der Waals surface area (Å²) in [7, 11) is 1.79. The number of amides is 2. The largest absolute Gasteiger partial charge is 0.391 e. The first-order chi connectivity index (χ1) is 12.4. The number of aryl methyl sites for hydroxylation is 1. The Bertz CT molecular complexity index is 702. The number of hydrogen-bond acceptors (Lipinski definition) is 4. The van der Waals surface area contributed by atoms with E-state index in [1.165, 1.54) is 4.90 Å². The zero-order valence-corrected chi connectivity index (χ0v) is 15.7. The smallest absolute Gasteiger partial charge is 0.242 e. The van der Waals surface area contributed by atoms with Crippen LogP contribution in [-0.2, 0) is 23.1 Å². The van der Waals surface area contributed by atoms with Gasteiger partial charge in [-0.1, -0.05) is 17.7 Å². The number of carbonyl (C=O) groups is 2. The summed E-state index contributed by atoms with van der Waals surface area (Å²) in [6.45, 7) is 0.760. The Balaban J connectivity index is 1.56. The molecule has 2 amide bonds. The number of allylic oxidation sites excluding steroid dienone is 2. The normalized spacial score (nSPS) is 25.9. The van der Waals surface area contributed by atoms with Gasteiger partial charge in [-0.05, 0) is 30.7 Å². The maximum absolute atomic E-state index is 12.6. The second kappa shape index (κ2) is 8.22. The fourth-order valence-corrected chi connectivity index (χ4v) is 3.78. The van der Waals surface area contributed by atoms with Gasteiger partial charge in [0.05, 0.1) is 18.7 Å². The van der Waals surface area contributed by atoms with Crippen molar-refractivity contribution in [2.45, 2.75) is 44.2 Å². The van der Waals surface area contributed by atoms with Gasteiger partial charge in [0.15, 0.2) is 0 Å². The SMILES string of the molecule is Cn1cc(CC(=O)N2CC(O)CC2C(=O)NCC2CC=C(Cl)CC2)cn1. The predicted octanol–water partition coefficient (Wildman–Crippen LogP) is 0.963. The molecule has 2 N–H and O–H groups in total. The third-order valence-electron chi connectivity index (χ3n) is 5.04. The second-order valence-corrected chi connectivity index (χ2v) is 7.67. The predicted molar refractivity (Wildman–Crippen MR) is 97.3 cm³/mol. The zero-order valence-electron chi connectivity index (χ0n) is 14.9. The monoisotopic (exact) mass is 380 g/mol. The minimum absolute atomic E-state index is 0.165. The summed E-state index contributed by atoms with van der Waals surface area (Å²) in [5, 5.41) is 17.9. The van der Waals surface area contributed by atoms with Crippen LogP contribution in [0.25, 0.3) is 0 Å². The molecule has 7 nitrogen and oxygen atoms in total. The average Bonchev–Trinajstić information content (AvgIpc) is 3.19. The Hall–Kier alpha value is -1.86. The van der Waals surface area contributed by atoms with E-state index in [1.54, 1.807) is 24.1 Å². The van der Waals surface area contributed by atoms with Gasteiger partial charge in [-0.15, -0.1) is 0 Å². The van der Waals surface area contributed by atoms with Crippen LogP contribution in [0.15, 0.2) is 23.5 Å². The molecule has 3 unspecified atom stereocenters. The molecule has 26 heavy (non-hydrogen) atoms. The van der Waals surface area contributed by atoms with Crippen LogP contribution in [0.4, 0.5) is 0 Å². The highest BCUT2D eigenvalue weighted by Crippen LogP contribution is 2.25. The highest BCUT2D eigenvalue weighted by molar-refractivity contribution is 6.29. The lowest BCUT2D eigenvalue weighted by Crippen LogP contribution is -2.47. The van der Waals surface area contributed by atoms with Crippen LogP contribution in [0.1, 0.15) is 31.2 Å².